The number of carbonyl (C=O) groups is 1. The number of carboxylic acid groups (broad SMARTS) is 1. The van der Waals surface area contributed by atoms with Crippen molar-refractivity contribution >= 4 is 28.8 Å². The van der Waals surface area contributed by atoms with Crippen LogP contribution in [0.3, 0.4) is 0 Å². The first-order valence-electron chi connectivity index (χ1n) is 11.7. The molecule has 0 spiro atoms. The van der Waals surface area contributed by atoms with Crippen LogP contribution in [0.2, 0.25) is 0 Å². The molecule has 3 heterocycles. The van der Waals surface area contributed by atoms with Crippen LogP contribution in [0.15, 0.2) is 34.7 Å². The molecule has 0 radical (unpaired) electrons. The Bertz CT molecular complexity index is 1270. The molecule has 0 saturated carbocycles. The number of hydrogen-bond acceptors (Lipinski definition) is 7. The van der Waals surface area contributed by atoms with Gasteiger partial charge in [-0.25, -0.2) is 0 Å². The van der Waals surface area contributed by atoms with Crippen molar-refractivity contribution in [3.8, 4) is 17.2 Å². The summed E-state index contributed by atoms with van der Waals surface area (Å²) in [7, 11) is 4.21. The second kappa shape index (κ2) is 8.65. The first-order chi connectivity index (χ1) is 16.4. The van der Waals surface area contributed by atoms with Crippen molar-refractivity contribution in [3.05, 3.63) is 41.5 Å². The lowest BCUT2D eigenvalue weighted by atomic mass is 9.93. The van der Waals surface area contributed by atoms with E-state index in [0.29, 0.717) is 41.8 Å². The predicted molar refractivity (Wildman–Crippen MR) is 131 cm³/mol. The molecule has 2 aliphatic heterocycles. The van der Waals surface area contributed by atoms with Crippen molar-refractivity contribution in [1.29, 1.82) is 5.26 Å². The molecule has 8 heteroatoms. The number of benzene rings is 2. The molecule has 2 saturated heterocycles. The molecule has 1 aromatic heterocycles. The Morgan fingerprint density at radius 2 is 1.97 bits per heavy atom. The number of likely N-dealkylation sites (N-methyl/N-ethyl adjacent to an activating group) is 1. The Labute approximate surface area is 199 Å². The lowest BCUT2D eigenvalue weighted by Gasteiger charge is -2.37. The number of hydrogen-bond donors (Lipinski definition) is 1. The molecule has 1 N–H and O–H groups in total. The number of carboxylic acids is 1. The maximum atomic E-state index is 11.0. The monoisotopic (exact) mass is 459 g/mol. The zero-order valence-electron chi connectivity index (χ0n) is 19.8. The second-order valence-electron chi connectivity index (χ2n) is 9.60. The third kappa shape index (κ3) is 3.76. The average molecular weight is 460 g/mol. The quantitative estimate of drug-likeness (QED) is 0.596. The number of aromatic nitrogens is 1. The normalized spacial score (nSPS) is 18.5. The fourth-order valence-corrected chi connectivity index (χ4v) is 5.23. The maximum Gasteiger partial charge on any atom is 0.303 e. The molecule has 0 unspecified atom stereocenters. The van der Waals surface area contributed by atoms with E-state index in [0.717, 1.165) is 41.9 Å². The van der Waals surface area contributed by atoms with Crippen LogP contribution in [0.25, 0.3) is 22.2 Å². The van der Waals surface area contributed by atoms with Crippen molar-refractivity contribution in [2.75, 3.05) is 50.1 Å². The highest BCUT2D eigenvalue weighted by Crippen LogP contribution is 2.45. The minimum absolute atomic E-state index is 0.0865. The highest BCUT2D eigenvalue weighted by Gasteiger charge is 2.35. The first-order valence-corrected chi connectivity index (χ1v) is 11.7. The van der Waals surface area contributed by atoms with E-state index in [9.17, 15) is 10.1 Å². The zero-order chi connectivity index (χ0) is 24.0. The number of anilines is 2. The third-order valence-electron chi connectivity index (χ3n) is 7.13. The molecular formula is C26H29N5O3. The van der Waals surface area contributed by atoms with Gasteiger partial charge in [-0.1, -0.05) is 30.3 Å². The minimum Gasteiger partial charge on any atom is -0.481 e. The van der Waals surface area contributed by atoms with Crippen LogP contribution >= 0.6 is 0 Å². The van der Waals surface area contributed by atoms with E-state index in [2.05, 4.69) is 42.1 Å². The Morgan fingerprint density at radius 3 is 2.59 bits per heavy atom. The molecule has 2 aliphatic rings. The van der Waals surface area contributed by atoms with Gasteiger partial charge in [0.05, 0.1) is 17.7 Å². The summed E-state index contributed by atoms with van der Waals surface area (Å²) < 4.78 is 6.39. The number of nitriles is 1. The van der Waals surface area contributed by atoms with Gasteiger partial charge in [-0.15, -0.1) is 0 Å². The van der Waals surface area contributed by atoms with Gasteiger partial charge < -0.3 is 24.2 Å². The van der Waals surface area contributed by atoms with E-state index in [-0.39, 0.29) is 12.3 Å². The average Bonchev–Trinajstić information content (AvgIpc) is 3.43. The molecule has 8 nitrogen and oxygen atoms in total. The van der Waals surface area contributed by atoms with Gasteiger partial charge in [0.2, 0.25) is 0 Å². The molecule has 3 aromatic rings. The van der Waals surface area contributed by atoms with Crippen molar-refractivity contribution in [2.24, 2.45) is 5.92 Å². The molecule has 34 heavy (non-hydrogen) atoms. The van der Waals surface area contributed by atoms with Crippen LogP contribution in [0.4, 0.5) is 11.7 Å². The minimum atomic E-state index is -0.788. The van der Waals surface area contributed by atoms with Gasteiger partial charge >= 0.3 is 5.97 Å². The van der Waals surface area contributed by atoms with E-state index < -0.39 is 5.97 Å². The van der Waals surface area contributed by atoms with Gasteiger partial charge in [-0.3, -0.25) is 4.79 Å². The Kier molecular flexibility index (Phi) is 5.66. The maximum absolute atomic E-state index is 11.0. The molecule has 1 atom stereocenters. The summed E-state index contributed by atoms with van der Waals surface area (Å²) in [6.07, 6.45) is 1.19. The number of oxazole rings is 1. The van der Waals surface area contributed by atoms with Crippen molar-refractivity contribution < 1.29 is 14.3 Å². The summed E-state index contributed by atoms with van der Waals surface area (Å²) >= 11 is 0. The molecule has 5 rings (SSSR count). The van der Waals surface area contributed by atoms with E-state index in [1.807, 2.05) is 30.0 Å². The second-order valence-corrected chi connectivity index (χ2v) is 9.60. The number of nitrogens with zero attached hydrogens (tertiary/aromatic N) is 5. The molecule has 2 fully saturated rings. The Balaban J connectivity index is 1.66. The summed E-state index contributed by atoms with van der Waals surface area (Å²) in [4.78, 5) is 22.4. The lowest BCUT2D eigenvalue weighted by Crippen LogP contribution is -2.47. The van der Waals surface area contributed by atoms with Gasteiger partial charge in [0, 0.05) is 43.7 Å². The molecule has 2 aromatic carbocycles. The van der Waals surface area contributed by atoms with Crippen LogP contribution in [-0.2, 0) is 4.79 Å². The van der Waals surface area contributed by atoms with E-state index in [1.165, 1.54) is 0 Å². The molecule has 0 amide bonds. The topological polar surface area (TPSA) is 96.8 Å². The Morgan fingerprint density at radius 1 is 1.24 bits per heavy atom. The van der Waals surface area contributed by atoms with Gasteiger partial charge in [-0.05, 0) is 38.6 Å². The fraction of sp³-hybridized carbons (Fsp3) is 0.423. The smallest absolute Gasteiger partial charge is 0.303 e. The summed E-state index contributed by atoms with van der Waals surface area (Å²) in [5, 5.41) is 19.2. The fourth-order valence-electron chi connectivity index (χ4n) is 5.23. The summed E-state index contributed by atoms with van der Waals surface area (Å²) in [6.45, 7) is 4.93. The van der Waals surface area contributed by atoms with Crippen LogP contribution in [0.5, 0.6) is 0 Å². The first kappa shape index (κ1) is 22.2. The van der Waals surface area contributed by atoms with Gasteiger partial charge in [0.25, 0.3) is 6.01 Å². The van der Waals surface area contributed by atoms with E-state index in [1.54, 1.807) is 0 Å². The SMILES string of the molecule is Cc1c(-c2ccccc2)c(N2CC[C@H](N(C)C)C2)c2oc(N3CC(CC(=O)O)C3)nc2c1C#N. The molecule has 0 bridgehead atoms. The number of aliphatic carboxylic acids is 1. The third-order valence-corrected chi connectivity index (χ3v) is 7.13. The summed E-state index contributed by atoms with van der Waals surface area (Å²) in [6, 6.07) is 13.4. The molecular weight excluding hydrogens is 430 g/mol. The van der Waals surface area contributed by atoms with Gasteiger partial charge in [-0.2, -0.15) is 10.2 Å². The highest BCUT2D eigenvalue weighted by molar-refractivity contribution is 6.03. The summed E-state index contributed by atoms with van der Waals surface area (Å²) in [5.41, 5.74) is 5.69. The highest BCUT2D eigenvalue weighted by atomic mass is 16.4. The van der Waals surface area contributed by atoms with Crippen molar-refractivity contribution in [2.45, 2.75) is 25.8 Å². The van der Waals surface area contributed by atoms with Gasteiger partial charge in [0.15, 0.2) is 5.58 Å². The van der Waals surface area contributed by atoms with Crippen molar-refractivity contribution in [1.82, 2.24) is 9.88 Å². The van der Waals surface area contributed by atoms with E-state index >= 15 is 0 Å². The standard InChI is InChI=1S/C26H29N5O3/c1-16-20(12-27)23-25(34-26(28-23)31-13-17(14-31)11-21(32)33)24(22(16)18-7-5-4-6-8-18)30-10-9-19(15-30)29(2)3/h4-8,17,19H,9-11,13-15H2,1-3H3,(H,32,33)/t19-/m0/s1. The lowest BCUT2D eigenvalue weighted by molar-refractivity contribution is -0.138. The largest absolute Gasteiger partial charge is 0.481 e. The summed E-state index contributed by atoms with van der Waals surface area (Å²) in [5.74, 6) is -0.702. The predicted octanol–water partition coefficient (Wildman–Crippen LogP) is 3.73. The number of fused-ring (bicyclic) bond motifs is 1. The van der Waals surface area contributed by atoms with Gasteiger partial charge in [0.1, 0.15) is 11.6 Å². The van der Waals surface area contributed by atoms with Crippen LogP contribution in [-0.4, -0.2) is 67.3 Å². The Hall–Kier alpha value is -3.57. The molecule has 176 valence electrons. The van der Waals surface area contributed by atoms with E-state index in [4.69, 9.17) is 14.5 Å². The van der Waals surface area contributed by atoms with Crippen LogP contribution in [0, 0.1) is 24.2 Å². The van der Waals surface area contributed by atoms with Crippen LogP contribution in [0.1, 0.15) is 24.0 Å². The van der Waals surface area contributed by atoms with Crippen LogP contribution < -0.4 is 9.80 Å². The molecule has 0 aliphatic carbocycles. The number of rotatable bonds is 6. The van der Waals surface area contributed by atoms with Crippen molar-refractivity contribution in [3.63, 3.8) is 0 Å². The zero-order valence-corrected chi connectivity index (χ0v) is 19.8.